The zero-order valence-corrected chi connectivity index (χ0v) is 16.0. The van der Waals surface area contributed by atoms with Crippen molar-refractivity contribution in [3.8, 4) is 0 Å². The molecule has 1 aromatic carbocycles. The van der Waals surface area contributed by atoms with Crippen molar-refractivity contribution in [1.29, 1.82) is 0 Å². The van der Waals surface area contributed by atoms with Crippen molar-refractivity contribution in [3.63, 3.8) is 0 Å². The molecule has 1 aliphatic carbocycles. The smallest absolute Gasteiger partial charge is 0.407 e. The molecule has 144 valence electrons. The Morgan fingerprint density at radius 1 is 1.27 bits per heavy atom. The van der Waals surface area contributed by atoms with Gasteiger partial charge in [0, 0.05) is 24.2 Å². The van der Waals surface area contributed by atoms with Crippen LogP contribution in [0.5, 0.6) is 0 Å². The van der Waals surface area contributed by atoms with E-state index in [2.05, 4.69) is 16.0 Å². The maximum Gasteiger partial charge on any atom is 0.407 e. The molecule has 1 fully saturated rings. The molecule has 0 saturated heterocycles. The van der Waals surface area contributed by atoms with Crippen molar-refractivity contribution in [2.24, 2.45) is 0 Å². The second-order valence-corrected chi connectivity index (χ2v) is 7.79. The largest absolute Gasteiger partial charge is 0.444 e. The van der Waals surface area contributed by atoms with E-state index in [1.165, 1.54) is 6.07 Å². The number of hydrogen-bond acceptors (Lipinski definition) is 4. The van der Waals surface area contributed by atoms with Gasteiger partial charge >= 0.3 is 6.09 Å². The van der Waals surface area contributed by atoms with Gasteiger partial charge in [-0.2, -0.15) is 0 Å². The van der Waals surface area contributed by atoms with E-state index in [9.17, 15) is 14.0 Å². The number of halogens is 2. The molecule has 8 heteroatoms. The number of ether oxygens (including phenoxy) is 1. The van der Waals surface area contributed by atoms with E-state index in [4.69, 9.17) is 16.3 Å². The highest BCUT2D eigenvalue weighted by Gasteiger charge is 2.31. The summed E-state index contributed by atoms with van der Waals surface area (Å²) < 4.78 is 18.9. The van der Waals surface area contributed by atoms with Crippen LogP contribution in [0, 0.1) is 5.82 Å². The summed E-state index contributed by atoms with van der Waals surface area (Å²) >= 11 is 5.70. The van der Waals surface area contributed by atoms with Crippen molar-refractivity contribution in [2.75, 3.05) is 6.54 Å². The van der Waals surface area contributed by atoms with Gasteiger partial charge in [-0.05, 0) is 39.7 Å². The molecule has 1 aromatic rings. The lowest BCUT2D eigenvalue weighted by atomic mass is 9.87. The molecule has 2 amide bonds. The van der Waals surface area contributed by atoms with Crippen LogP contribution in [-0.4, -0.2) is 36.2 Å². The van der Waals surface area contributed by atoms with Crippen molar-refractivity contribution >= 4 is 23.6 Å². The molecule has 0 bridgehead atoms. The van der Waals surface area contributed by atoms with Crippen LogP contribution in [0.2, 0.25) is 5.02 Å². The summed E-state index contributed by atoms with van der Waals surface area (Å²) in [7, 11) is 0. The lowest BCUT2D eigenvalue weighted by molar-refractivity contribution is -0.120. The van der Waals surface area contributed by atoms with E-state index >= 15 is 0 Å². The number of nitrogens with one attached hydrogen (secondary N) is 3. The monoisotopic (exact) mass is 385 g/mol. The lowest BCUT2D eigenvalue weighted by Crippen LogP contribution is -2.54. The van der Waals surface area contributed by atoms with Crippen molar-refractivity contribution < 1.29 is 18.7 Å². The number of rotatable bonds is 6. The van der Waals surface area contributed by atoms with E-state index in [0.29, 0.717) is 5.56 Å². The highest BCUT2D eigenvalue weighted by molar-refractivity contribution is 6.30. The third-order valence-corrected chi connectivity index (χ3v) is 4.21. The normalized spacial score (nSPS) is 19.4. The standard InChI is InChI=1S/C18H25ClFN3O3/c1-18(2,3)26-17(25)23-13-7-12(8-13)21-10-15(24)22-9-11-5-4-6-14(19)16(11)20/h4-6,12-13,21H,7-10H2,1-3H3,(H,22,24)(H,23,25)/t12-,13+. The van der Waals surface area contributed by atoms with Gasteiger partial charge in [-0.15, -0.1) is 0 Å². The molecule has 0 radical (unpaired) electrons. The van der Waals surface area contributed by atoms with Gasteiger partial charge in [-0.25, -0.2) is 9.18 Å². The molecule has 1 aliphatic rings. The molecule has 0 atom stereocenters. The number of hydrogen-bond donors (Lipinski definition) is 3. The third kappa shape index (κ3) is 6.46. The topological polar surface area (TPSA) is 79.5 Å². The van der Waals surface area contributed by atoms with Gasteiger partial charge in [0.15, 0.2) is 0 Å². The van der Waals surface area contributed by atoms with Gasteiger partial charge in [0.05, 0.1) is 11.6 Å². The maximum atomic E-state index is 13.7. The summed E-state index contributed by atoms with van der Waals surface area (Å²) in [6, 6.07) is 4.88. The molecule has 26 heavy (non-hydrogen) atoms. The highest BCUT2D eigenvalue weighted by atomic mass is 35.5. The summed E-state index contributed by atoms with van der Waals surface area (Å²) in [5.74, 6) is -0.745. The summed E-state index contributed by atoms with van der Waals surface area (Å²) in [4.78, 5) is 23.5. The van der Waals surface area contributed by atoms with E-state index in [1.807, 2.05) is 20.8 Å². The van der Waals surface area contributed by atoms with Crippen LogP contribution in [0.25, 0.3) is 0 Å². The lowest BCUT2D eigenvalue weighted by Gasteiger charge is -2.36. The van der Waals surface area contributed by atoms with Crippen LogP contribution in [0.1, 0.15) is 39.2 Å². The SMILES string of the molecule is CC(C)(C)OC(=O)N[C@H]1C[C@@H](NCC(=O)NCc2cccc(Cl)c2F)C1. The van der Waals surface area contributed by atoms with Crippen LogP contribution in [-0.2, 0) is 16.1 Å². The second-order valence-electron chi connectivity index (χ2n) is 7.38. The van der Waals surface area contributed by atoms with Gasteiger partial charge < -0.3 is 20.7 Å². The van der Waals surface area contributed by atoms with E-state index in [-0.39, 0.29) is 36.1 Å². The quantitative estimate of drug-likeness (QED) is 0.703. The van der Waals surface area contributed by atoms with Crippen LogP contribution in [0.15, 0.2) is 18.2 Å². The summed E-state index contributed by atoms with van der Waals surface area (Å²) in [6.45, 7) is 5.65. The molecule has 0 unspecified atom stereocenters. The Morgan fingerprint density at radius 3 is 2.62 bits per heavy atom. The molecule has 3 N–H and O–H groups in total. The number of carbonyl (C=O) groups excluding carboxylic acids is 2. The van der Waals surface area contributed by atoms with Crippen molar-refractivity contribution in [2.45, 2.75) is 57.8 Å². The van der Waals surface area contributed by atoms with Crippen LogP contribution >= 0.6 is 11.6 Å². The summed E-state index contributed by atoms with van der Waals surface area (Å²) in [6.07, 6.45) is 1.03. The fourth-order valence-corrected chi connectivity index (χ4v) is 2.75. The summed E-state index contributed by atoms with van der Waals surface area (Å²) in [5, 5.41) is 8.59. The molecule has 2 rings (SSSR count). The van der Waals surface area contributed by atoms with Crippen LogP contribution < -0.4 is 16.0 Å². The van der Waals surface area contributed by atoms with Gasteiger partial charge in [-0.3, -0.25) is 4.79 Å². The van der Waals surface area contributed by atoms with E-state index in [1.54, 1.807) is 12.1 Å². The maximum absolute atomic E-state index is 13.7. The van der Waals surface area contributed by atoms with Gasteiger partial charge in [0.25, 0.3) is 0 Å². The molecule has 0 heterocycles. The Kier molecular flexibility index (Phi) is 6.83. The fourth-order valence-electron chi connectivity index (χ4n) is 2.55. The molecular weight excluding hydrogens is 361 g/mol. The third-order valence-electron chi connectivity index (χ3n) is 3.92. The molecule has 0 aromatic heterocycles. The Labute approximate surface area is 157 Å². The predicted molar refractivity (Wildman–Crippen MR) is 97.4 cm³/mol. The molecule has 0 aliphatic heterocycles. The first-order valence-electron chi connectivity index (χ1n) is 8.56. The van der Waals surface area contributed by atoms with Crippen molar-refractivity contribution in [3.05, 3.63) is 34.6 Å². The van der Waals surface area contributed by atoms with Gasteiger partial charge in [0.2, 0.25) is 5.91 Å². The number of carbonyl (C=O) groups is 2. The first kappa shape index (κ1) is 20.5. The fraction of sp³-hybridized carbons (Fsp3) is 0.556. The average Bonchev–Trinajstić information content (AvgIpc) is 2.49. The van der Waals surface area contributed by atoms with E-state index in [0.717, 1.165) is 12.8 Å². The molecular formula is C18H25ClFN3O3. The van der Waals surface area contributed by atoms with Crippen LogP contribution in [0.4, 0.5) is 9.18 Å². The Bertz CT molecular complexity index is 658. The van der Waals surface area contributed by atoms with Crippen LogP contribution in [0.3, 0.4) is 0 Å². The number of benzene rings is 1. The number of amides is 2. The minimum Gasteiger partial charge on any atom is -0.444 e. The summed E-state index contributed by atoms with van der Waals surface area (Å²) in [5.41, 5.74) is -0.178. The molecule has 0 spiro atoms. The average molecular weight is 386 g/mol. The molecule has 1 saturated carbocycles. The van der Waals surface area contributed by atoms with Crippen molar-refractivity contribution in [1.82, 2.24) is 16.0 Å². The Hall–Kier alpha value is -1.86. The second kappa shape index (κ2) is 8.68. The zero-order valence-electron chi connectivity index (χ0n) is 15.2. The van der Waals surface area contributed by atoms with Gasteiger partial charge in [-0.1, -0.05) is 23.7 Å². The minimum absolute atomic E-state index is 0.0351. The number of alkyl carbamates (subject to hydrolysis) is 1. The van der Waals surface area contributed by atoms with Gasteiger partial charge in [0.1, 0.15) is 11.4 Å². The first-order valence-corrected chi connectivity index (χ1v) is 8.94. The zero-order chi connectivity index (χ0) is 19.3. The molecule has 6 nitrogen and oxygen atoms in total. The first-order chi connectivity index (χ1) is 12.1. The highest BCUT2D eigenvalue weighted by Crippen LogP contribution is 2.20. The Balaban J connectivity index is 1.61. The minimum atomic E-state index is -0.522. The van der Waals surface area contributed by atoms with E-state index < -0.39 is 17.5 Å². The predicted octanol–water partition coefficient (Wildman–Crippen LogP) is 2.74. The Morgan fingerprint density at radius 2 is 1.96 bits per heavy atom.